The van der Waals surface area contributed by atoms with Crippen LogP contribution in [0, 0.1) is 0 Å². The van der Waals surface area contributed by atoms with Gasteiger partial charge in [0, 0.05) is 5.56 Å². The van der Waals surface area contributed by atoms with E-state index in [1.54, 1.807) is 36.4 Å². The topological polar surface area (TPSA) is 122 Å². The van der Waals surface area contributed by atoms with Crippen LogP contribution in [0.5, 0.6) is 5.75 Å². The molecule has 0 bridgehead atoms. The number of primary amides is 1. The highest BCUT2D eigenvalue weighted by Gasteiger charge is 2.40. The van der Waals surface area contributed by atoms with Gasteiger partial charge < -0.3 is 21.7 Å². The summed E-state index contributed by atoms with van der Waals surface area (Å²) >= 11 is 0. The molecule has 3 rings (SSSR count). The first kappa shape index (κ1) is 20.5. The molecule has 0 aliphatic rings. The van der Waals surface area contributed by atoms with Gasteiger partial charge in [-0.3, -0.25) is 10.1 Å². The molecule has 0 aromatic heterocycles. The molecular weight excluding hydrogens is 366 g/mol. The van der Waals surface area contributed by atoms with E-state index in [2.05, 4.69) is 5.32 Å². The first-order valence-corrected chi connectivity index (χ1v) is 9.33. The predicted octanol–water partition coefficient (Wildman–Crippen LogP) is 1.92. The van der Waals surface area contributed by atoms with Crippen molar-refractivity contribution in [1.29, 1.82) is 0 Å². The molecule has 1 amide bonds. The minimum absolute atomic E-state index is 0.129. The van der Waals surface area contributed by atoms with E-state index in [4.69, 9.17) is 11.5 Å². The maximum Gasteiger partial charge on any atom is 0.234 e. The van der Waals surface area contributed by atoms with E-state index in [-0.39, 0.29) is 12.2 Å². The number of aliphatic hydroxyl groups is 1. The van der Waals surface area contributed by atoms with Crippen molar-refractivity contribution in [2.45, 2.75) is 24.2 Å². The van der Waals surface area contributed by atoms with Crippen LogP contribution in [0.1, 0.15) is 22.7 Å². The van der Waals surface area contributed by atoms with E-state index in [0.717, 1.165) is 5.56 Å². The lowest BCUT2D eigenvalue weighted by molar-refractivity contribution is -0.124. The van der Waals surface area contributed by atoms with E-state index in [0.29, 0.717) is 11.1 Å². The van der Waals surface area contributed by atoms with Crippen LogP contribution in [0.2, 0.25) is 0 Å². The molecule has 0 saturated carbocycles. The molecule has 0 heterocycles. The smallest absolute Gasteiger partial charge is 0.234 e. The van der Waals surface area contributed by atoms with Crippen molar-refractivity contribution in [2.24, 2.45) is 11.5 Å². The minimum atomic E-state index is -1.74. The number of nitrogens with one attached hydrogen (secondary N) is 1. The highest BCUT2D eigenvalue weighted by molar-refractivity contribution is 5.80. The molecule has 0 aliphatic heterocycles. The van der Waals surface area contributed by atoms with Crippen LogP contribution in [0.4, 0.5) is 0 Å². The van der Waals surface area contributed by atoms with Crippen LogP contribution in [-0.2, 0) is 16.9 Å². The number of phenolic OH excluding ortho intramolecular Hbond substituents is 1. The lowest BCUT2D eigenvalue weighted by Gasteiger charge is -2.38. The number of hydrogen-bond acceptors (Lipinski definition) is 5. The molecule has 150 valence electrons. The summed E-state index contributed by atoms with van der Waals surface area (Å²) in [4.78, 5) is 12.2. The van der Waals surface area contributed by atoms with Gasteiger partial charge in [0.15, 0.2) is 5.72 Å². The Morgan fingerprint density at radius 2 is 1.48 bits per heavy atom. The van der Waals surface area contributed by atoms with E-state index >= 15 is 0 Å². The Hall–Kier alpha value is -3.19. The average Bonchev–Trinajstić information content (AvgIpc) is 2.75. The molecule has 0 aliphatic carbocycles. The Bertz CT molecular complexity index is 933. The fraction of sp³-hybridized carbons (Fsp3) is 0.174. The van der Waals surface area contributed by atoms with Crippen molar-refractivity contribution in [3.63, 3.8) is 0 Å². The van der Waals surface area contributed by atoms with Crippen molar-refractivity contribution in [1.82, 2.24) is 5.32 Å². The van der Waals surface area contributed by atoms with Gasteiger partial charge in [-0.25, -0.2) is 0 Å². The molecule has 3 atom stereocenters. The van der Waals surface area contributed by atoms with Crippen LogP contribution in [0.15, 0.2) is 84.9 Å². The summed E-state index contributed by atoms with van der Waals surface area (Å²) < 4.78 is 0. The van der Waals surface area contributed by atoms with Gasteiger partial charge in [0.2, 0.25) is 5.91 Å². The zero-order chi connectivity index (χ0) is 20.9. The molecule has 0 radical (unpaired) electrons. The Kier molecular flexibility index (Phi) is 6.29. The highest BCUT2D eigenvalue weighted by Crippen LogP contribution is 2.32. The molecule has 29 heavy (non-hydrogen) atoms. The number of carbonyl (C=O) groups excluding carboxylic acids is 1. The number of rotatable bonds is 8. The third-order valence-corrected chi connectivity index (χ3v) is 4.94. The minimum Gasteiger partial charge on any atom is -0.508 e. The van der Waals surface area contributed by atoms with Gasteiger partial charge in [-0.2, -0.15) is 0 Å². The maximum atomic E-state index is 12.2. The van der Waals surface area contributed by atoms with Gasteiger partial charge in [0.25, 0.3) is 0 Å². The lowest BCUT2D eigenvalue weighted by atomic mass is 9.88. The van der Waals surface area contributed by atoms with E-state index in [1.165, 1.54) is 12.1 Å². The number of phenols is 1. The average molecular weight is 391 g/mol. The summed E-state index contributed by atoms with van der Waals surface area (Å²) in [6.07, 6.45) is 0.228. The van der Waals surface area contributed by atoms with Gasteiger partial charge in [-0.1, -0.05) is 72.8 Å². The zero-order valence-corrected chi connectivity index (χ0v) is 15.9. The first-order valence-electron chi connectivity index (χ1n) is 9.33. The molecule has 3 aromatic carbocycles. The van der Waals surface area contributed by atoms with Crippen LogP contribution in [0.25, 0.3) is 0 Å². The second kappa shape index (κ2) is 8.87. The molecule has 1 unspecified atom stereocenters. The largest absolute Gasteiger partial charge is 0.508 e. The second-order valence-electron chi connectivity index (χ2n) is 6.99. The molecule has 6 heteroatoms. The van der Waals surface area contributed by atoms with Crippen LogP contribution >= 0.6 is 0 Å². The quantitative estimate of drug-likeness (QED) is 0.376. The van der Waals surface area contributed by atoms with Crippen molar-refractivity contribution in [2.75, 3.05) is 0 Å². The third-order valence-electron chi connectivity index (χ3n) is 4.94. The van der Waals surface area contributed by atoms with Gasteiger partial charge in [-0.05, 0) is 29.7 Å². The van der Waals surface area contributed by atoms with Crippen molar-refractivity contribution in [3.05, 3.63) is 102 Å². The predicted molar refractivity (Wildman–Crippen MR) is 112 cm³/mol. The molecule has 7 N–H and O–H groups in total. The van der Waals surface area contributed by atoms with Gasteiger partial charge >= 0.3 is 0 Å². The summed E-state index contributed by atoms with van der Waals surface area (Å²) in [5.74, 6) is -0.489. The fourth-order valence-corrected chi connectivity index (χ4v) is 3.30. The Morgan fingerprint density at radius 1 is 0.931 bits per heavy atom. The Morgan fingerprint density at radius 3 is 2.03 bits per heavy atom. The van der Waals surface area contributed by atoms with E-state index < -0.39 is 23.7 Å². The first-order chi connectivity index (χ1) is 13.9. The molecule has 3 aromatic rings. The molecular formula is C23H25N3O3. The van der Waals surface area contributed by atoms with Crippen LogP contribution in [-0.4, -0.2) is 22.2 Å². The lowest BCUT2D eigenvalue weighted by Crippen LogP contribution is -2.58. The summed E-state index contributed by atoms with van der Waals surface area (Å²) in [6, 6.07) is 22.8. The van der Waals surface area contributed by atoms with E-state index in [9.17, 15) is 15.0 Å². The van der Waals surface area contributed by atoms with Crippen molar-refractivity contribution >= 4 is 5.91 Å². The van der Waals surface area contributed by atoms with Crippen LogP contribution in [0.3, 0.4) is 0 Å². The molecule has 0 saturated heterocycles. The van der Waals surface area contributed by atoms with Crippen LogP contribution < -0.4 is 16.8 Å². The monoisotopic (exact) mass is 391 g/mol. The SMILES string of the molecule is NC(=O)C(Cc1ccc(O)cc1)N[C@](O)(c1ccccc1)[C@H](N)c1ccccc1. The standard InChI is InChI=1S/C23H25N3O3/c24-21(17-7-3-1-4-8-17)23(29,18-9-5-2-6-10-18)26-20(22(25)28)15-16-11-13-19(27)14-12-16/h1-14,20-21,26-27,29H,15,24H2,(H2,25,28)/t20?,21-,23+/m1/s1. The Balaban J connectivity index is 1.96. The number of amides is 1. The number of hydrogen-bond donors (Lipinski definition) is 5. The zero-order valence-electron chi connectivity index (χ0n) is 15.9. The van der Waals surface area contributed by atoms with Crippen molar-refractivity contribution < 1.29 is 15.0 Å². The normalized spacial score (nSPS) is 15.2. The molecule has 6 nitrogen and oxygen atoms in total. The summed E-state index contributed by atoms with van der Waals surface area (Å²) in [6.45, 7) is 0. The summed E-state index contributed by atoms with van der Waals surface area (Å²) in [5, 5.41) is 24.1. The number of carbonyl (C=O) groups is 1. The maximum absolute atomic E-state index is 12.2. The molecule has 0 spiro atoms. The third kappa shape index (κ3) is 4.81. The Labute approximate surface area is 169 Å². The van der Waals surface area contributed by atoms with E-state index in [1.807, 2.05) is 36.4 Å². The highest BCUT2D eigenvalue weighted by atomic mass is 16.3. The number of nitrogens with two attached hydrogens (primary N) is 2. The summed E-state index contributed by atoms with van der Waals surface area (Å²) in [5.41, 5.74) is 12.4. The van der Waals surface area contributed by atoms with Gasteiger partial charge in [0.1, 0.15) is 5.75 Å². The summed E-state index contributed by atoms with van der Waals surface area (Å²) in [7, 11) is 0. The van der Waals surface area contributed by atoms with Gasteiger partial charge in [0.05, 0.1) is 12.1 Å². The molecule has 0 fully saturated rings. The fourth-order valence-electron chi connectivity index (χ4n) is 3.30. The number of benzene rings is 3. The number of aromatic hydroxyl groups is 1. The van der Waals surface area contributed by atoms with Gasteiger partial charge in [-0.15, -0.1) is 0 Å². The second-order valence-corrected chi connectivity index (χ2v) is 6.99. The van der Waals surface area contributed by atoms with Crippen molar-refractivity contribution in [3.8, 4) is 5.75 Å².